The van der Waals surface area contributed by atoms with Crippen molar-refractivity contribution in [2.45, 2.75) is 0 Å². The second-order valence-corrected chi connectivity index (χ2v) is 3.90. The average molecular weight is 276 g/mol. The number of hydrogen-bond acceptors (Lipinski definition) is 1. The van der Waals surface area contributed by atoms with E-state index in [4.69, 9.17) is 0 Å². The molecule has 56 valence electrons. The fraction of sp³-hybridized carbons (Fsp3) is 0. The number of aromatic amines is 1. The topological polar surface area (TPSA) is 28.7 Å². The van der Waals surface area contributed by atoms with Gasteiger partial charge in [-0.25, -0.2) is 0 Å². The highest BCUT2D eigenvalue weighted by Gasteiger charge is 2.02. The third-order valence-corrected chi connectivity index (χ3v) is 2.86. The first kappa shape index (κ1) is 7.31. The molecule has 4 heteroatoms. The van der Waals surface area contributed by atoms with Gasteiger partial charge in [-0.15, -0.1) is 0 Å². The quantitative estimate of drug-likeness (QED) is 0.786. The van der Waals surface area contributed by atoms with E-state index in [1.165, 1.54) is 0 Å². The van der Waals surface area contributed by atoms with Crippen molar-refractivity contribution in [2.24, 2.45) is 0 Å². The molecule has 0 aliphatic rings. The molecular weight excluding hydrogens is 272 g/mol. The van der Waals surface area contributed by atoms with Crippen LogP contribution in [0.5, 0.6) is 0 Å². The first-order valence-corrected chi connectivity index (χ1v) is 4.65. The van der Waals surface area contributed by atoms with Gasteiger partial charge >= 0.3 is 0 Å². The zero-order valence-electron chi connectivity index (χ0n) is 5.44. The van der Waals surface area contributed by atoms with Gasteiger partial charge in [0, 0.05) is 14.3 Å². The molecule has 0 unspecified atom stereocenters. The minimum absolute atomic E-state index is 1.03. The molecule has 0 aliphatic carbocycles. The summed E-state index contributed by atoms with van der Waals surface area (Å²) in [6.07, 6.45) is 1.80. The Kier molecular flexibility index (Phi) is 1.73. The van der Waals surface area contributed by atoms with Crippen molar-refractivity contribution >= 4 is 42.8 Å². The maximum atomic E-state index is 3.94. The number of aromatic nitrogens is 2. The van der Waals surface area contributed by atoms with Crippen LogP contribution in [0, 0.1) is 0 Å². The van der Waals surface area contributed by atoms with Gasteiger partial charge in [0.25, 0.3) is 0 Å². The van der Waals surface area contributed by atoms with Crippen molar-refractivity contribution in [3.05, 3.63) is 27.3 Å². The van der Waals surface area contributed by atoms with Gasteiger partial charge in [-0.05, 0) is 28.1 Å². The molecule has 0 atom stereocenters. The normalized spacial score (nSPS) is 10.7. The van der Waals surface area contributed by atoms with Gasteiger partial charge in [-0.3, -0.25) is 5.10 Å². The monoisotopic (exact) mass is 274 g/mol. The Hall–Kier alpha value is -0.350. The first-order chi connectivity index (χ1) is 5.29. The molecule has 0 radical (unpaired) electrons. The molecule has 0 saturated heterocycles. The minimum atomic E-state index is 1.03. The van der Waals surface area contributed by atoms with Gasteiger partial charge in [0.05, 0.1) is 11.7 Å². The number of benzene rings is 1. The summed E-state index contributed by atoms with van der Waals surface area (Å²) in [6.45, 7) is 0. The maximum Gasteiger partial charge on any atom is 0.0803 e. The highest BCUT2D eigenvalue weighted by atomic mass is 79.9. The molecule has 1 aromatic heterocycles. The fourth-order valence-corrected chi connectivity index (χ4v) is 1.84. The molecule has 0 saturated carbocycles. The summed E-state index contributed by atoms with van der Waals surface area (Å²) in [7, 11) is 0. The summed E-state index contributed by atoms with van der Waals surface area (Å²) in [4.78, 5) is 0. The Morgan fingerprint density at radius 2 is 1.91 bits per heavy atom. The van der Waals surface area contributed by atoms with Crippen LogP contribution in [0.25, 0.3) is 10.9 Å². The zero-order valence-corrected chi connectivity index (χ0v) is 8.61. The molecule has 2 nitrogen and oxygen atoms in total. The number of halogens is 2. The summed E-state index contributed by atoms with van der Waals surface area (Å²) in [5, 5.41) is 7.94. The van der Waals surface area contributed by atoms with Gasteiger partial charge in [-0.1, -0.05) is 15.9 Å². The van der Waals surface area contributed by atoms with Crippen LogP contribution >= 0.6 is 31.9 Å². The number of H-pyrrole nitrogens is 1. The molecule has 0 aliphatic heterocycles. The van der Waals surface area contributed by atoms with Crippen molar-refractivity contribution in [1.82, 2.24) is 10.2 Å². The summed E-state index contributed by atoms with van der Waals surface area (Å²) >= 11 is 6.85. The predicted molar refractivity (Wildman–Crippen MR) is 51.5 cm³/mol. The molecule has 2 rings (SSSR count). The van der Waals surface area contributed by atoms with E-state index in [0.717, 1.165) is 19.8 Å². The molecule has 1 N–H and O–H groups in total. The van der Waals surface area contributed by atoms with E-state index in [0.29, 0.717) is 0 Å². The van der Waals surface area contributed by atoms with Crippen LogP contribution in [-0.2, 0) is 0 Å². The van der Waals surface area contributed by atoms with Crippen LogP contribution in [0.4, 0.5) is 0 Å². The Balaban J connectivity index is 2.96. The van der Waals surface area contributed by atoms with Gasteiger partial charge in [0.15, 0.2) is 0 Å². The molecule has 2 aromatic rings. The molecule has 11 heavy (non-hydrogen) atoms. The smallest absolute Gasteiger partial charge is 0.0803 e. The lowest BCUT2D eigenvalue weighted by Gasteiger charge is -1.94. The number of nitrogens with zero attached hydrogens (tertiary/aromatic N) is 1. The van der Waals surface area contributed by atoms with Crippen molar-refractivity contribution in [3.8, 4) is 0 Å². The third kappa shape index (κ3) is 1.10. The van der Waals surface area contributed by atoms with Crippen LogP contribution < -0.4 is 0 Å². The molecule has 0 amide bonds. The number of nitrogens with one attached hydrogen (secondary N) is 1. The van der Waals surface area contributed by atoms with E-state index >= 15 is 0 Å². The summed E-state index contributed by atoms with van der Waals surface area (Å²) in [5.41, 5.74) is 1.03. The fourth-order valence-electron chi connectivity index (χ4n) is 0.969. The van der Waals surface area contributed by atoms with Crippen LogP contribution in [0.15, 0.2) is 27.3 Å². The van der Waals surface area contributed by atoms with Crippen molar-refractivity contribution < 1.29 is 0 Å². The Morgan fingerprint density at radius 3 is 2.64 bits per heavy atom. The number of hydrogen-bond donors (Lipinski definition) is 1. The molecular formula is C7H4Br2N2. The molecule has 0 fully saturated rings. The summed E-state index contributed by atoms with van der Waals surface area (Å²) in [6, 6.07) is 3.96. The van der Waals surface area contributed by atoms with E-state index in [-0.39, 0.29) is 0 Å². The Bertz CT molecular complexity index is 358. The van der Waals surface area contributed by atoms with Gasteiger partial charge in [-0.2, -0.15) is 5.10 Å². The molecule has 1 heterocycles. The number of rotatable bonds is 0. The van der Waals surface area contributed by atoms with E-state index in [9.17, 15) is 0 Å². The lowest BCUT2D eigenvalue weighted by Crippen LogP contribution is -1.72. The van der Waals surface area contributed by atoms with Crippen molar-refractivity contribution in [2.75, 3.05) is 0 Å². The zero-order chi connectivity index (χ0) is 7.84. The van der Waals surface area contributed by atoms with E-state index in [1.54, 1.807) is 6.20 Å². The van der Waals surface area contributed by atoms with E-state index in [1.807, 2.05) is 12.1 Å². The van der Waals surface area contributed by atoms with Gasteiger partial charge in [0.2, 0.25) is 0 Å². The Labute approximate surface area is 80.2 Å². The SMILES string of the molecule is Brc1ccc(Br)c2[nH]ncc12. The number of fused-ring (bicyclic) bond motifs is 1. The van der Waals surface area contributed by atoms with E-state index < -0.39 is 0 Å². The third-order valence-electron chi connectivity index (χ3n) is 1.51. The first-order valence-electron chi connectivity index (χ1n) is 3.06. The lowest BCUT2D eigenvalue weighted by atomic mass is 10.3. The van der Waals surface area contributed by atoms with Crippen LogP contribution in [0.1, 0.15) is 0 Å². The second-order valence-electron chi connectivity index (χ2n) is 2.19. The van der Waals surface area contributed by atoms with Gasteiger partial charge in [0.1, 0.15) is 0 Å². The average Bonchev–Trinajstić information content (AvgIpc) is 2.45. The standard InChI is InChI=1S/C7H4Br2N2/c8-5-1-2-6(9)7-4(5)3-10-11-7/h1-3H,(H,10,11). The van der Waals surface area contributed by atoms with Crippen LogP contribution in [0.2, 0.25) is 0 Å². The molecule has 0 bridgehead atoms. The minimum Gasteiger partial charge on any atom is -0.277 e. The highest BCUT2D eigenvalue weighted by Crippen LogP contribution is 2.27. The largest absolute Gasteiger partial charge is 0.277 e. The van der Waals surface area contributed by atoms with Crippen molar-refractivity contribution in [1.29, 1.82) is 0 Å². The Morgan fingerprint density at radius 1 is 1.18 bits per heavy atom. The molecule has 1 aromatic carbocycles. The van der Waals surface area contributed by atoms with Gasteiger partial charge < -0.3 is 0 Å². The summed E-state index contributed by atoms with van der Waals surface area (Å²) in [5.74, 6) is 0. The predicted octanol–water partition coefficient (Wildman–Crippen LogP) is 3.09. The lowest BCUT2D eigenvalue weighted by molar-refractivity contribution is 1.12. The maximum absolute atomic E-state index is 3.94. The van der Waals surface area contributed by atoms with Crippen LogP contribution in [-0.4, -0.2) is 10.2 Å². The second kappa shape index (κ2) is 2.60. The van der Waals surface area contributed by atoms with Crippen molar-refractivity contribution in [3.63, 3.8) is 0 Å². The highest BCUT2D eigenvalue weighted by molar-refractivity contribution is 9.11. The van der Waals surface area contributed by atoms with E-state index in [2.05, 4.69) is 42.1 Å². The molecule has 0 spiro atoms. The van der Waals surface area contributed by atoms with Crippen LogP contribution in [0.3, 0.4) is 0 Å². The summed E-state index contributed by atoms with van der Waals surface area (Å²) < 4.78 is 2.10.